The SMILES string of the molecule is Cc1cc(N(CC2CCNCC2)C2CC2)ncn1. The maximum Gasteiger partial charge on any atom is 0.132 e. The summed E-state index contributed by atoms with van der Waals surface area (Å²) in [5.41, 5.74) is 1.07. The van der Waals surface area contributed by atoms with Crippen LogP contribution in [-0.4, -0.2) is 35.6 Å². The van der Waals surface area contributed by atoms with E-state index in [4.69, 9.17) is 0 Å². The lowest BCUT2D eigenvalue weighted by Gasteiger charge is -2.31. The Labute approximate surface area is 109 Å². The summed E-state index contributed by atoms with van der Waals surface area (Å²) in [6.07, 6.45) is 6.95. The molecule has 0 radical (unpaired) electrons. The zero-order valence-electron chi connectivity index (χ0n) is 11.1. The van der Waals surface area contributed by atoms with E-state index in [0.29, 0.717) is 0 Å². The molecule has 2 aliphatic rings. The summed E-state index contributed by atoms with van der Waals surface area (Å²) in [7, 11) is 0. The fourth-order valence-electron chi connectivity index (χ4n) is 2.76. The van der Waals surface area contributed by atoms with Gasteiger partial charge in [-0.3, -0.25) is 0 Å². The van der Waals surface area contributed by atoms with Crippen molar-refractivity contribution < 1.29 is 0 Å². The second-order valence-corrected chi connectivity index (χ2v) is 5.59. The lowest BCUT2D eigenvalue weighted by Crippen LogP contribution is -2.37. The molecule has 0 atom stereocenters. The van der Waals surface area contributed by atoms with E-state index >= 15 is 0 Å². The molecule has 4 heteroatoms. The molecule has 1 saturated carbocycles. The van der Waals surface area contributed by atoms with E-state index in [1.807, 2.05) is 6.92 Å². The fourth-order valence-corrected chi connectivity index (χ4v) is 2.76. The summed E-state index contributed by atoms with van der Waals surface area (Å²) in [5, 5.41) is 3.44. The molecule has 98 valence electrons. The van der Waals surface area contributed by atoms with Crippen molar-refractivity contribution in [3.63, 3.8) is 0 Å². The van der Waals surface area contributed by atoms with Gasteiger partial charge >= 0.3 is 0 Å². The highest BCUT2D eigenvalue weighted by atomic mass is 15.2. The minimum Gasteiger partial charge on any atom is -0.353 e. The predicted molar refractivity (Wildman–Crippen MR) is 72.7 cm³/mol. The van der Waals surface area contributed by atoms with E-state index < -0.39 is 0 Å². The van der Waals surface area contributed by atoms with Gasteiger partial charge in [-0.1, -0.05) is 0 Å². The standard InChI is InChI=1S/C14H22N4/c1-11-8-14(17-10-16-11)18(13-2-3-13)9-12-4-6-15-7-5-12/h8,10,12-13,15H,2-7,9H2,1H3. The molecule has 1 saturated heterocycles. The van der Waals surface area contributed by atoms with Gasteiger partial charge in [0.15, 0.2) is 0 Å². The fraction of sp³-hybridized carbons (Fsp3) is 0.714. The van der Waals surface area contributed by atoms with Crippen LogP contribution >= 0.6 is 0 Å². The van der Waals surface area contributed by atoms with Gasteiger partial charge in [0.05, 0.1) is 0 Å². The highest BCUT2D eigenvalue weighted by molar-refractivity contribution is 5.41. The molecule has 0 unspecified atom stereocenters. The molecule has 3 rings (SSSR count). The van der Waals surface area contributed by atoms with Gasteiger partial charge in [-0.05, 0) is 51.6 Å². The first kappa shape index (κ1) is 11.9. The van der Waals surface area contributed by atoms with E-state index in [0.717, 1.165) is 23.5 Å². The Morgan fingerprint density at radius 2 is 2.00 bits per heavy atom. The van der Waals surface area contributed by atoms with Gasteiger partial charge in [0.1, 0.15) is 12.1 Å². The minimum atomic E-state index is 0.731. The topological polar surface area (TPSA) is 41.0 Å². The average Bonchev–Trinajstić information content (AvgIpc) is 3.21. The molecule has 4 nitrogen and oxygen atoms in total. The Hall–Kier alpha value is -1.16. The summed E-state index contributed by atoms with van der Waals surface area (Å²) in [5.74, 6) is 1.95. The number of aryl methyl sites for hydroxylation is 1. The van der Waals surface area contributed by atoms with Gasteiger partial charge in [-0.15, -0.1) is 0 Å². The lowest BCUT2D eigenvalue weighted by molar-refractivity contribution is 0.372. The van der Waals surface area contributed by atoms with Crippen molar-refractivity contribution in [2.45, 2.75) is 38.6 Å². The van der Waals surface area contributed by atoms with Crippen LogP contribution in [0.1, 0.15) is 31.4 Å². The third-order valence-electron chi connectivity index (χ3n) is 3.98. The van der Waals surface area contributed by atoms with Crippen LogP contribution in [-0.2, 0) is 0 Å². The average molecular weight is 246 g/mol. The van der Waals surface area contributed by atoms with Crippen LogP contribution < -0.4 is 10.2 Å². The molecule has 1 aromatic rings. The molecule has 1 N–H and O–H groups in total. The molecule has 18 heavy (non-hydrogen) atoms. The van der Waals surface area contributed by atoms with Crippen LogP contribution in [0.15, 0.2) is 12.4 Å². The maximum absolute atomic E-state index is 4.47. The smallest absolute Gasteiger partial charge is 0.132 e. The van der Waals surface area contributed by atoms with E-state index in [1.54, 1.807) is 6.33 Å². The Morgan fingerprint density at radius 3 is 2.67 bits per heavy atom. The molecule has 0 bridgehead atoms. The van der Waals surface area contributed by atoms with Crippen molar-refractivity contribution in [3.05, 3.63) is 18.1 Å². The number of anilines is 1. The lowest BCUT2D eigenvalue weighted by atomic mass is 9.97. The molecule has 2 fully saturated rings. The van der Waals surface area contributed by atoms with Crippen molar-refractivity contribution in [2.75, 3.05) is 24.5 Å². The van der Waals surface area contributed by atoms with Gasteiger partial charge in [-0.25, -0.2) is 9.97 Å². The van der Waals surface area contributed by atoms with Crippen LogP contribution in [0.4, 0.5) is 5.82 Å². The number of aromatic nitrogens is 2. The third-order valence-corrected chi connectivity index (χ3v) is 3.98. The first-order chi connectivity index (χ1) is 8.83. The predicted octanol–water partition coefficient (Wildman–Crippen LogP) is 1.75. The normalized spacial score (nSPS) is 20.9. The highest BCUT2D eigenvalue weighted by Crippen LogP contribution is 2.32. The number of hydrogen-bond acceptors (Lipinski definition) is 4. The summed E-state index contributed by atoms with van der Waals surface area (Å²) in [4.78, 5) is 11.2. The van der Waals surface area contributed by atoms with Crippen LogP contribution in [0.25, 0.3) is 0 Å². The van der Waals surface area contributed by atoms with Gasteiger partial charge < -0.3 is 10.2 Å². The van der Waals surface area contributed by atoms with Crippen LogP contribution in [0.5, 0.6) is 0 Å². The number of rotatable bonds is 4. The van der Waals surface area contributed by atoms with Crippen molar-refractivity contribution in [3.8, 4) is 0 Å². The number of nitrogens with one attached hydrogen (secondary N) is 1. The summed E-state index contributed by atoms with van der Waals surface area (Å²) in [6.45, 7) is 5.56. The van der Waals surface area contributed by atoms with E-state index in [2.05, 4.69) is 26.3 Å². The van der Waals surface area contributed by atoms with Gasteiger partial charge in [0, 0.05) is 24.3 Å². The van der Waals surface area contributed by atoms with Gasteiger partial charge in [0.2, 0.25) is 0 Å². The monoisotopic (exact) mass is 246 g/mol. The van der Waals surface area contributed by atoms with Crippen molar-refractivity contribution in [2.24, 2.45) is 5.92 Å². The summed E-state index contributed by atoms with van der Waals surface area (Å²) >= 11 is 0. The zero-order valence-corrected chi connectivity index (χ0v) is 11.1. The van der Waals surface area contributed by atoms with Crippen LogP contribution in [0, 0.1) is 12.8 Å². The molecular weight excluding hydrogens is 224 g/mol. The maximum atomic E-state index is 4.47. The molecule has 1 aliphatic heterocycles. The second kappa shape index (κ2) is 5.22. The van der Waals surface area contributed by atoms with Crippen LogP contribution in [0.2, 0.25) is 0 Å². The molecular formula is C14H22N4. The largest absolute Gasteiger partial charge is 0.353 e. The summed E-state index contributed by atoms with van der Waals surface area (Å²) in [6, 6.07) is 2.86. The highest BCUT2D eigenvalue weighted by Gasteiger charge is 2.31. The van der Waals surface area contributed by atoms with E-state index in [-0.39, 0.29) is 0 Å². The molecule has 1 aromatic heterocycles. The van der Waals surface area contributed by atoms with Gasteiger partial charge in [0.25, 0.3) is 0 Å². The third kappa shape index (κ3) is 2.80. The Morgan fingerprint density at radius 1 is 1.22 bits per heavy atom. The van der Waals surface area contributed by atoms with Crippen molar-refractivity contribution >= 4 is 5.82 Å². The molecule has 0 amide bonds. The van der Waals surface area contributed by atoms with Crippen LogP contribution in [0.3, 0.4) is 0 Å². The number of hydrogen-bond donors (Lipinski definition) is 1. The molecule has 0 spiro atoms. The quantitative estimate of drug-likeness (QED) is 0.879. The molecule has 2 heterocycles. The Bertz CT molecular complexity index is 397. The zero-order chi connectivity index (χ0) is 12.4. The summed E-state index contributed by atoms with van der Waals surface area (Å²) < 4.78 is 0. The Balaban J connectivity index is 1.71. The molecule has 0 aromatic carbocycles. The first-order valence-corrected chi connectivity index (χ1v) is 7.09. The minimum absolute atomic E-state index is 0.731. The number of nitrogens with zero attached hydrogens (tertiary/aromatic N) is 3. The van der Waals surface area contributed by atoms with Crippen molar-refractivity contribution in [1.82, 2.24) is 15.3 Å². The van der Waals surface area contributed by atoms with Gasteiger partial charge in [-0.2, -0.15) is 0 Å². The van der Waals surface area contributed by atoms with Crippen molar-refractivity contribution in [1.29, 1.82) is 0 Å². The second-order valence-electron chi connectivity index (χ2n) is 5.59. The van der Waals surface area contributed by atoms with E-state index in [1.165, 1.54) is 45.3 Å². The van der Waals surface area contributed by atoms with E-state index in [9.17, 15) is 0 Å². The first-order valence-electron chi connectivity index (χ1n) is 7.09. The number of piperidine rings is 1. The Kier molecular flexibility index (Phi) is 3.46. The molecule has 1 aliphatic carbocycles.